The Morgan fingerprint density at radius 3 is 2.95 bits per heavy atom. The first kappa shape index (κ1) is 15.2. The van der Waals surface area contributed by atoms with Gasteiger partial charge in [0.05, 0.1) is 0 Å². The van der Waals surface area contributed by atoms with E-state index in [1.54, 1.807) is 0 Å². The first-order chi connectivity index (χ1) is 10.8. The van der Waals surface area contributed by atoms with Crippen LogP contribution in [0.15, 0.2) is 54.3 Å². The van der Waals surface area contributed by atoms with Gasteiger partial charge in [-0.2, -0.15) is 0 Å². The number of fused-ring (bicyclic) bond motifs is 1. The zero-order valence-corrected chi connectivity index (χ0v) is 13.7. The molecule has 1 aromatic carbocycles. The van der Waals surface area contributed by atoms with Gasteiger partial charge in [-0.1, -0.05) is 48.0 Å². The minimum Gasteiger partial charge on any atom is -0.393 e. The molecule has 1 fully saturated rings. The molecule has 0 saturated carbocycles. The number of nitrogens with one attached hydrogen (secondary N) is 2. The summed E-state index contributed by atoms with van der Waals surface area (Å²) in [4.78, 5) is 0. The van der Waals surface area contributed by atoms with Gasteiger partial charge in [0, 0.05) is 13.2 Å². The predicted molar refractivity (Wildman–Crippen MR) is 98.0 cm³/mol. The average Bonchev–Trinajstić information content (AvgIpc) is 2.55. The summed E-state index contributed by atoms with van der Waals surface area (Å²) >= 11 is 0. The lowest BCUT2D eigenvalue weighted by molar-refractivity contribution is 0.452. The van der Waals surface area contributed by atoms with Crippen LogP contribution in [0.1, 0.15) is 25.3 Å². The van der Waals surface area contributed by atoms with Crippen molar-refractivity contribution in [3.8, 4) is 0 Å². The van der Waals surface area contributed by atoms with E-state index in [9.17, 15) is 0 Å². The first-order valence-electron chi connectivity index (χ1n) is 8.30. The van der Waals surface area contributed by atoms with E-state index in [0.29, 0.717) is 0 Å². The average molecular weight is 292 g/mol. The highest BCUT2D eigenvalue weighted by Gasteiger charge is 2.36. The molecule has 0 radical (unpaired) electrons. The molecule has 1 saturated heterocycles. The molecule has 0 aliphatic carbocycles. The monoisotopic (exact) mass is 292 g/mol. The fourth-order valence-corrected chi connectivity index (χ4v) is 3.81. The second-order valence-corrected chi connectivity index (χ2v) is 6.42. The Hall–Kier alpha value is -1.74. The van der Waals surface area contributed by atoms with Crippen LogP contribution in [-0.4, -0.2) is 27.4 Å². The summed E-state index contributed by atoms with van der Waals surface area (Å²) in [5, 5.41) is 7.08. The number of hydrogen-bond donors (Lipinski definition) is 2. The number of rotatable bonds is 3. The molecule has 1 unspecified atom stereocenters. The maximum absolute atomic E-state index is 3.60. The predicted octanol–water partition coefficient (Wildman–Crippen LogP) is 2.37. The van der Waals surface area contributed by atoms with Gasteiger partial charge in [0.15, 0.2) is 7.28 Å². The molecule has 114 valence electrons. The Morgan fingerprint density at radius 2 is 2.23 bits per heavy atom. The second-order valence-electron chi connectivity index (χ2n) is 6.42. The van der Waals surface area contributed by atoms with E-state index in [4.69, 9.17) is 0 Å². The molecule has 2 nitrogen and oxygen atoms in total. The van der Waals surface area contributed by atoms with Crippen molar-refractivity contribution in [2.45, 2.75) is 25.1 Å². The van der Waals surface area contributed by atoms with Gasteiger partial charge in [0.25, 0.3) is 0 Å². The lowest BCUT2D eigenvalue weighted by Crippen LogP contribution is -2.44. The minimum absolute atomic E-state index is 0.274. The molecule has 22 heavy (non-hydrogen) atoms. The van der Waals surface area contributed by atoms with Gasteiger partial charge in [0.1, 0.15) is 0 Å². The summed E-state index contributed by atoms with van der Waals surface area (Å²) in [6.07, 6.45) is 11.5. The Labute approximate surface area is 134 Å². The molecule has 3 heteroatoms. The standard InChI is InChI=1S/C19H25BN2/c1-3-7-15(13-21-2)17-12-19(10-6-11-22-14-19)20-18-9-5-4-8-16(17)18/h3-5,7-9,12-13,20-22H,6,10-11,14H2,1-2H3/b7-3-,15-13+. The molecule has 1 aromatic rings. The molecule has 2 aliphatic heterocycles. The third kappa shape index (κ3) is 2.91. The molecular weight excluding hydrogens is 267 g/mol. The van der Waals surface area contributed by atoms with Crippen molar-refractivity contribution in [3.05, 3.63) is 59.8 Å². The Morgan fingerprint density at radius 1 is 1.36 bits per heavy atom. The van der Waals surface area contributed by atoms with E-state index in [-0.39, 0.29) is 5.31 Å². The summed E-state index contributed by atoms with van der Waals surface area (Å²) < 4.78 is 0. The highest BCUT2D eigenvalue weighted by molar-refractivity contribution is 6.60. The number of hydrogen-bond acceptors (Lipinski definition) is 2. The first-order valence-corrected chi connectivity index (χ1v) is 8.30. The van der Waals surface area contributed by atoms with Crippen molar-refractivity contribution in [1.29, 1.82) is 0 Å². The smallest absolute Gasteiger partial charge is 0.171 e. The van der Waals surface area contributed by atoms with Crippen LogP contribution < -0.4 is 16.1 Å². The van der Waals surface area contributed by atoms with Crippen LogP contribution in [0.2, 0.25) is 5.31 Å². The summed E-state index contributed by atoms with van der Waals surface area (Å²) in [5.74, 6) is 0. The third-order valence-corrected chi connectivity index (χ3v) is 4.76. The van der Waals surface area contributed by atoms with E-state index in [0.717, 1.165) is 20.4 Å². The van der Waals surface area contributed by atoms with Crippen LogP contribution in [0.4, 0.5) is 0 Å². The fourth-order valence-electron chi connectivity index (χ4n) is 3.81. The molecular formula is C19H25BN2. The van der Waals surface area contributed by atoms with Crippen molar-refractivity contribution >= 4 is 18.3 Å². The molecule has 2 aliphatic rings. The summed E-state index contributed by atoms with van der Waals surface area (Å²) in [6.45, 7) is 4.32. The number of benzene rings is 1. The zero-order chi connectivity index (χ0) is 15.4. The van der Waals surface area contributed by atoms with E-state index in [2.05, 4.69) is 66.3 Å². The highest BCUT2D eigenvalue weighted by Crippen LogP contribution is 2.42. The van der Waals surface area contributed by atoms with E-state index >= 15 is 0 Å². The van der Waals surface area contributed by atoms with Gasteiger partial charge >= 0.3 is 0 Å². The summed E-state index contributed by atoms with van der Waals surface area (Å²) in [6, 6.07) is 8.88. The maximum atomic E-state index is 3.60. The van der Waals surface area contributed by atoms with Crippen LogP contribution in [0.25, 0.3) is 5.57 Å². The molecule has 2 N–H and O–H groups in total. The highest BCUT2D eigenvalue weighted by atomic mass is 14.9. The number of allylic oxidation sites excluding steroid dienone is 4. The van der Waals surface area contributed by atoms with Gasteiger partial charge < -0.3 is 10.6 Å². The van der Waals surface area contributed by atoms with Crippen molar-refractivity contribution in [1.82, 2.24) is 10.6 Å². The molecule has 2 heterocycles. The van der Waals surface area contributed by atoms with Gasteiger partial charge in [-0.05, 0) is 54.9 Å². The topological polar surface area (TPSA) is 24.1 Å². The van der Waals surface area contributed by atoms with Crippen molar-refractivity contribution in [2.75, 3.05) is 20.1 Å². The molecule has 0 bridgehead atoms. The van der Waals surface area contributed by atoms with E-state index in [1.165, 1.54) is 35.0 Å². The zero-order valence-electron chi connectivity index (χ0n) is 13.7. The largest absolute Gasteiger partial charge is 0.393 e. The number of piperidine rings is 1. The van der Waals surface area contributed by atoms with Gasteiger partial charge in [-0.15, -0.1) is 0 Å². The van der Waals surface area contributed by atoms with Crippen molar-refractivity contribution in [2.24, 2.45) is 0 Å². The summed E-state index contributed by atoms with van der Waals surface area (Å²) in [7, 11) is 3.12. The normalized spacial score (nSPS) is 24.8. The molecule has 1 spiro atoms. The van der Waals surface area contributed by atoms with E-state index < -0.39 is 0 Å². The quantitative estimate of drug-likeness (QED) is 0.660. The Kier molecular flexibility index (Phi) is 4.53. The van der Waals surface area contributed by atoms with Crippen LogP contribution in [0.5, 0.6) is 0 Å². The molecule has 1 atom stereocenters. The minimum atomic E-state index is 0.274. The summed E-state index contributed by atoms with van der Waals surface area (Å²) in [5.41, 5.74) is 5.51. The lowest BCUT2D eigenvalue weighted by atomic mass is 9.42. The van der Waals surface area contributed by atoms with Gasteiger partial charge in [0.2, 0.25) is 0 Å². The molecule has 0 aromatic heterocycles. The Bertz CT molecular complexity index is 622. The maximum Gasteiger partial charge on any atom is 0.171 e. The SMILES string of the molecule is C/C=C\C(=C/NC)C1=CC2(Bc3ccccc31)CCCNC2. The van der Waals surface area contributed by atoms with Crippen LogP contribution in [-0.2, 0) is 0 Å². The van der Waals surface area contributed by atoms with Gasteiger partial charge in [-0.25, -0.2) is 0 Å². The van der Waals surface area contributed by atoms with Crippen LogP contribution in [0.3, 0.4) is 0 Å². The van der Waals surface area contributed by atoms with Crippen LogP contribution >= 0.6 is 0 Å². The fraction of sp³-hybridized carbons (Fsp3) is 0.368. The molecule has 0 amide bonds. The lowest BCUT2D eigenvalue weighted by Gasteiger charge is -2.39. The van der Waals surface area contributed by atoms with Gasteiger partial charge in [-0.3, -0.25) is 0 Å². The third-order valence-electron chi connectivity index (χ3n) is 4.76. The van der Waals surface area contributed by atoms with Crippen molar-refractivity contribution in [3.63, 3.8) is 0 Å². The second kappa shape index (κ2) is 6.57. The Balaban J connectivity index is 2.11. The van der Waals surface area contributed by atoms with Crippen molar-refractivity contribution < 1.29 is 0 Å². The molecule has 3 rings (SSSR count). The van der Waals surface area contributed by atoms with Crippen LogP contribution in [0, 0.1) is 0 Å². The van der Waals surface area contributed by atoms with E-state index in [1.807, 2.05) is 7.05 Å².